The lowest BCUT2D eigenvalue weighted by Crippen LogP contribution is -2.55. The van der Waals surface area contributed by atoms with Crippen molar-refractivity contribution in [2.45, 2.75) is 123 Å². The Balaban J connectivity index is 0.802. The van der Waals surface area contributed by atoms with E-state index in [9.17, 15) is 34.2 Å². The number of fused-ring (bicyclic) bond motifs is 7. The molecule has 4 aliphatic heterocycles. The number of piperazine rings is 1. The van der Waals surface area contributed by atoms with Crippen molar-refractivity contribution in [1.82, 2.24) is 29.6 Å². The molecule has 5 aliphatic rings. The van der Waals surface area contributed by atoms with Gasteiger partial charge in [-0.3, -0.25) is 19.3 Å². The summed E-state index contributed by atoms with van der Waals surface area (Å²) in [6, 6.07) is 12.0. The molecular weight excluding hydrogens is 884 g/mol. The molecule has 15 nitrogen and oxygen atoms in total. The summed E-state index contributed by atoms with van der Waals surface area (Å²) in [6.45, 7) is 9.69. The van der Waals surface area contributed by atoms with Gasteiger partial charge in [0.1, 0.15) is 23.6 Å². The van der Waals surface area contributed by atoms with Gasteiger partial charge in [-0.15, -0.1) is 0 Å². The average molecular weight is 941 g/mol. The van der Waals surface area contributed by atoms with Gasteiger partial charge < -0.3 is 44.2 Å². The number of aromatic hydroxyl groups is 2. The number of methoxy groups -OCH3 is 1. The summed E-state index contributed by atoms with van der Waals surface area (Å²) < 4.78 is 28.1. The van der Waals surface area contributed by atoms with E-state index in [0.717, 1.165) is 57.9 Å². The predicted molar refractivity (Wildman–Crippen MR) is 253 cm³/mol. The molecule has 1 aliphatic carbocycles. The number of phenolic OH excluding ortho intramolecular Hbond substituents is 2. The maximum absolute atomic E-state index is 15.4. The van der Waals surface area contributed by atoms with Gasteiger partial charge in [-0.2, -0.15) is 0 Å². The summed E-state index contributed by atoms with van der Waals surface area (Å²) in [6.07, 6.45) is 3.29. The Labute approximate surface area is 398 Å². The zero-order chi connectivity index (χ0) is 48.6. The van der Waals surface area contributed by atoms with E-state index >= 15 is 4.39 Å². The van der Waals surface area contributed by atoms with Crippen molar-refractivity contribution in [2.24, 2.45) is 0 Å². The lowest BCUT2D eigenvalue weighted by Gasteiger charge is -2.41. The number of hydrogen-bond acceptors (Lipinski definition) is 11. The van der Waals surface area contributed by atoms with Crippen LogP contribution in [0.2, 0.25) is 0 Å². The average Bonchev–Trinajstić information content (AvgIpc) is 3.98. The molecule has 5 aromatic rings. The number of alkyl carbamates (subject to hydrolysis) is 1. The Bertz CT molecular complexity index is 3030. The molecule has 3 amide bonds. The standard InChI is InChI=1S/C53H57FN6O9/c1-6-30(24-61)37-15-44-50-39(23-60(44)52(66)40(37)25-68-5)49-42(12-11-35-28(4)41(54)16-43(55-50)48(35)49)56-53(67)69-26-47(64)57-21-33-9-10-34(22-57)59(33)18-29-7-8-31-19-58(20-32(31)13-29)51(65)38-14-36(27(2)3)45(62)17-46(38)63/h7-8,13-17,24,27,30,33-34,42,62-63H,6,9-12,18-23,25-26H2,1-5H3,(H,56,67). The van der Waals surface area contributed by atoms with Crippen LogP contribution < -0.4 is 10.9 Å². The van der Waals surface area contributed by atoms with Crippen molar-refractivity contribution in [2.75, 3.05) is 26.8 Å². The van der Waals surface area contributed by atoms with Gasteiger partial charge in [0.05, 0.1) is 41.7 Å². The number of aldehydes is 1. The van der Waals surface area contributed by atoms with Crippen molar-refractivity contribution in [3.8, 4) is 22.9 Å². The zero-order valence-corrected chi connectivity index (χ0v) is 39.6. The maximum atomic E-state index is 15.4. The Morgan fingerprint density at radius 3 is 2.41 bits per heavy atom. The molecule has 0 saturated carbocycles. The molecule has 16 heteroatoms. The molecular formula is C53H57FN6O9. The number of nitrogens with zero attached hydrogens (tertiary/aromatic N) is 5. The first-order valence-electron chi connectivity index (χ1n) is 24.0. The minimum absolute atomic E-state index is 0.0235. The molecule has 69 heavy (non-hydrogen) atoms. The van der Waals surface area contributed by atoms with E-state index < -0.39 is 30.5 Å². The van der Waals surface area contributed by atoms with Crippen molar-refractivity contribution < 1.29 is 43.3 Å². The molecule has 6 heterocycles. The molecule has 0 radical (unpaired) electrons. The van der Waals surface area contributed by atoms with Gasteiger partial charge in [0.2, 0.25) is 0 Å². The number of likely N-dealkylation sites (tertiary alicyclic amines) is 1. The quantitative estimate of drug-likeness (QED) is 0.108. The van der Waals surface area contributed by atoms with E-state index in [1.165, 1.54) is 19.2 Å². The van der Waals surface area contributed by atoms with E-state index in [1.54, 1.807) is 27.4 Å². The molecule has 3 aromatic carbocycles. The number of pyridine rings is 2. The Morgan fingerprint density at radius 1 is 0.942 bits per heavy atom. The smallest absolute Gasteiger partial charge is 0.408 e. The molecule has 2 saturated heterocycles. The van der Waals surface area contributed by atoms with Crippen LogP contribution in [-0.2, 0) is 58.3 Å². The van der Waals surface area contributed by atoms with Gasteiger partial charge >= 0.3 is 6.09 Å². The van der Waals surface area contributed by atoms with Crippen LogP contribution in [0.25, 0.3) is 22.3 Å². The molecule has 2 aromatic heterocycles. The van der Waals surface area contributed by atoms with Crippen molar-refractivity contribution in [3.05, 3.63) is 120 Å². The summed E-state index contributed by atoms with van der Waals surface area (Å²) in [5.74, 6) is -1.81. The van der Waals surface area contributed by atoms with Crippen LogP contribution in [0, 0.1) is 12.7 Å². The highest BCUT2D eigenvalue weighted by Gasteiger charge is 2.42. The molecule has 2 bridgehead atoms. The lowest BCUT2D eigenvalue weighted by molar-refractivity contribution is -0.137. The summed E-state index contributed by atoms with van der Waals surface area (Å²) in [7, 11) is 1.50. The minimum Gasteiger partial charge on any atom is -0.508 e. The second kappa shape index (κ2) is 18.0. The molecule has 360 valence electrons. The Hall–Kier alpha value is -6.65. The van der Waals surface area contributed by atoms with E-state index in [-0.39, 0.29) is 65.6 Å². The third-order valence-electron chi connectivity index (χ3n) is 15.3. The van der Waals surface area contributed by atoms with Gasteiger partial charge in [-0.1, -0.05) is 39.0 Å². The largest absolute Gasteiger partial charge is 0.508 e. The number of rotatable bonds is 12. The molecule has 4 unspecified atom stereocenters. The maximum Gasteiger partial charge on any atom is 0.408 e. The Morgan fingerprint density at radius 2 is 1.70 bits per heavy atom. The highest BCUT2D eigenvalue weighted by atomic mass is 19.1. The van der Waals surface area contributed by atoms with Crippen molar-refractivity contribution in [3.63, 3.8) is 0 Å². The highest BCUT2D eigenvalue weighted by molar-refractivity contribution is 5.98. The number of nitrogens with one attached hydrogen (secondary N) is 1. The molecule has 0 spiro atoms. The molecule has 3 N–H and O–H groups in total. The van der Waals surface area contributed by atoms with E-state index in [0.29, 0.717) is 91.1 Å². The van der Waals surface area contributed by atoms with Gasteiger partial charge in [0.25, 0.3) is 17.4 Å². The fraction of sp³-hybridized carbons (Fsp3) is 0.434. The first-order chi connectivity index (χ1) is 33.2. The number of halogens is 1. The number of carbonyl (C=O) groups excluding carboxylic acids is 4. The van der Waals surface area contributed by atoms with E-state index in [1.807, 2.05) is 26.8 Å². The van der Waals surface area contributed by atoms with Crippen LogP contribution in [0.1, 0.15) is 130 Å². The Kier molecular flexibility index (Phi) is 12.0. The summed E-state index contributed by atoms with van der Waals surface area (Å²) in [4.78, 5) is 78.1. The number of amides is 3. The topological polar surface area (TPSA) is 184 Å². The molecule has 10 rings (SSSR count). The van der Waals surface area contributed by atoms with Crippen LogP contribution in [0.4, 0.5) is 9.18 Å². The third kappa shape index (κ3) is 8.00. The third-order valence-corrected chi connectivity index (χ3v) is 15.3. The molecule has 4 atom stereocenters. The summed E-state index contributed by atoms with van der Waals surface area (Å²) in [5, 5.41) is 24.6. The molecule has 2 fully saturated rings. The SMILES string of the molecule is CCC(C=O)c1cc2n(c(=O)c1COC)Cc1c-2nc2cc(F)c(C)c3c2c1C(NC(=O)OCC(=O)N1CC2CCC(C1)N2Cc1ccc2c(c1)CN(C(=O)c1cc(C(C)C)c(O)cc1O)C2)CC3. The van der Waals surface area contributed by atoms with Crippen LogP contribution in [0.3, 0.4) is 0 Å². The second-order valence-corrected chi connectivity index (χ2v) is 19.7. The van der Waals surface area contributed by atoms with Crippen LogP contribution in [0.15, 0.2) is 47.3 Å². The summed E-state index contributed by atoms with van der Waals surface area (Å²) in [5.41, 5.74) is 8.81. The van der Waals surface area contributed by atoms with Crippen molar-refractivity contribution in [1.29, 1.82) is 0 Å². The fourth-order valence-corrected chi connectivity index (χ4v) is 11.7. The first kappa shape index (κ1) is 46.1. The van der Waals surface area contributed by atoms with E-state index in [2.05, 4.69) is 28.4 Å². The van der Waals surface area contributed by atoms with Gasteiger partial charge in [0, 0.05) is 86.5 Å². The predicted octanol–water partition coefficient (Wildman–Crippen LogP) is 6.99. The number of carbonyl (C=O) groups is 4. The number of aryl methyl sites for hydroxylation is 1. The van der Waals surface area contributed by atoms with Gasteiger partial charge in [-0.05, 0) is 102 Å². The zero-order valence-electron chi connectivity index (χ0n) is 39.6. The van der Waals surface area contributed by atoms with Gasteiger partial charge in [0.15, 0.2) is 6.61 Å². The minimum atomic E-state index is -0.762. The lowest BCUT2D eigenvalue weighted by atomic mass is 9.82. The number of aromatic nitrogens is 2. The second-order valence-electron chi connectivity index (χ2n) is 19.7. The van der Waals surface area contributed by atoms with Crippen LogP contribution >= 0.6 is 0 Å². The number of hydrogen-bond donors (Lipinski definition) is 3. The highest BCUT2D eigenvalue weighted by Crippen LogP contribution is 2.45. The van der Waals surface area contributed by atoms with E-state index in [4.69, 9.17) is 14.5 Å². The normalized spacial score (nSPS) is 19.4. The van der Waals surface area contributed by atoms with Crippen LogP contribution in [-0.4, -0.2) is 97.5 Å². The first-order valence-corrected chi connectivity index (χ1v) is 24.0. The number of phenols is 2. The number of benzene rings is 3. The fourth-order valence-electron chi connectivity index (χ4n) is 11.7. The summed E-state index contributed by atoms with van der Waals surface area (Å²) >= 11 is 0. The van der Waals surface area contributed by atoms with Crippen LogP contribution in [0.5, 0.6) is 11.5 Å². The van der Waals surface area contributed by atoms with Gasteiger partial charge in [-0.25, -0.2) is 14.2 Å². The monoisotopic (exact) mass is 940 g/mol. The van der Waals surface area contributed by atoms with Crippen molar-refractivity contribution >= 4 is 35.1 Å². The number of ether oxygens (including phenoxy) is 2.